The quantitative estimate of drug-likeness (QED) is 0.811. The van der Waals surface area contributed by atoms with E-state index in [-0.39, 0.29) is 11.8 Å². The molecule has 0 spiro atoms. The lowest BCUT2D eigenvalue weighted by atomic mass is 10.2. The Hall–Kier alpha value is -1.20. The molecule has 1 atom stereocenters. The maximum absolute atomic E-state index is 11.1. The van der Waals surface area contributed by atoms with Gasteiger partial charge in [0.1, 0.15) is 0 Å². The van der Waals surface area contributed by atoms with Crippen LogP contribution >= 0.6 is 0 Å². The van der Waals surface area contributed by atoms with Crippen LogP contribution in [0.5, 0.6) is 0 Å². The highest BCUT2D eigenvalue weighted by atomic mass is 32.2. The first kappa shape index (κ1) is 10.3. The maximum atomic E-state index is 11.1. The number of hydrogen-bond donors (Lipinski definition) is 1. The van der Waals surface area contributed by atoms with E-state index in [4.69, 9.17) is 0 Å². The number of hydrogen-bond acceptors (Lipinski definition) is 4. The zero-order valence-electron chi connectivity index (χ0n) is 8.13. The van der Waals surface area contributed by atoms with Crippen molar-refractivity contribution in [2.24, 2.45) is 0 Å². The van der Waals surface area contributed by atoms with Crippen molar-refractivity contribution in [3.05, 3.63) is 41.6 Å². The number of sulfone groups is 1. The summed E-state index contributed by atoms with van der Waals surface area (Å²) in [5.41, 5.74) is 1.05. The lowest BCUT2D eigenvalue weighted by Crippen LogP contribution is -2.29. The second-order valence-corrected chi connectivity index (χ2v) is 5.44. The Morgan fingerprint density at radius 1 is 1.53 bits per heavy atom. The summed E-state index contributed by atoms with van der Waals surface area (Å²) < 4.78 is 22.2. The van der Waals surface area contributed by atoms with E-state index in [2.05, 4.69) is 10.3 Å². The third-order valence-electron chi connectivity index (χ3n) is 2.22. The number of aromatic nitrogens is 1. The van der Waals surface area contributed by atoms with Gasteiger partial charge >= 0.3 is 0 Å². The number of pyridine rings is 1. The highest BCUT2D eigenvalue weighted by Crippen LogP contribution is 2.08. The lowest BCUT2D eigenvalue weighted by molar-refractivity contribution is 0.590. The number of rotatable bonds is 3. The molecule has 0 aliphatic carbocycles. The van der Waals surface area contributed by atoms with Crippen LogP contribution in [0.25, 0.3) is 0 Å². The van der Waals surface area contributed by atoms with E-state index in [0.717, 1.165) is 5.56 Å². The van der Waals surface area contributed by atoms with Crippen molar-refractivity contribution < 1.29 is 8.42 Å². The van der Waals surface area contributed by atoms with Gasteiger partial charge in [-0.1, -0.05) is 12.1 Å². The Morgan fingerprint density at radius 2 is 2.40 bits per heavy atom. The van der Waals surface area contributed by atoms with Crippen molar-refractivity contribution in [3.8, 4) is 0 Å². The topological polar surface area (TPSA) is 59.1 Å². The molecule has 0 fully saturated rings. The van der Waals surface area contributed by atoms with Gasteiger partial charge in [-0.15, -0.1) is 0 Å². The molecule has 0 amide bonds. The summed E-state index contributed by atoms with van der Waals surface area (Å²) in [6.07, 6.45) is 5.16. The molecule has 2 heterocycles. The monoisotopic (exact) mass is 224 g/mol. The summed E-state index contributed by atoms with van der Waals surface area (Å²) in [7, 11) is -2.96. The molecule has 0 saturated carbocycles. The van der Waals surface area contributed by atoms with Crippen molar-refractivity contribution in [2.45, 2.75) is 12.6 Å². The highest BCUT2D eigenvalue weighted by Gasteiger charge is 2.20. The minimum absolute atomic E-state index is 0.0739. The molecule has 0 bridgehead atoms. The molecule has 1 aliphatic rings. The standard InChI is InChI=1S/C10H12N2O2S/c13-15(14)5-3-10(8-15)12-7-9-2-1-4-11-6-9/h1-6,10,12H,7-8H2. The molecule has 0 saturated heterocycles. The zero-order valence-corrected chi connectivity index (χ0v) is 8.94. The Balaban J connectivity index is 1.89. The predicted octanol–water partition coefficient (Wildman–Crippen LogP) is 0.482. The summed E-state index contributed by atoms with van der Waals surface area (Å²) in [5, 5.41) is 4.42. The SMILES string of the molecule is O=S1(=O)C=CC(NCc2cccnc2)C1. The van der Waals surface area contributed by atoms with E-state index in [1.54, 1.807) is 18.5 Å². The molecule has 80 valence electrons. The molecule has 2 rings (SSSR count). The molecule has 0 radical (unpaired) electrons. The highest BCUT2D eigenvalue weighted by molar-refractivity contribution is 7.94. The second-order valence-electron chi connectivity index (χ2n) is 3.51. The Bertz CT molecular complexity index is 454. The molecule has 15 heavy (non-hydrogen) atoms. The average molecular weight is 224 g/mol. The Labute approximate surface area is 89.0 Å². The van der Waals surface area contributed by atoms with E-state index in [1.807, 2.05) is 12.1 Å². The Kier molecular flexibility index (Phi) is 2.83. The second kappa shape index (κ2) is 4.12. The minimum Gasteiger partial charge on any atom is -0.305 e. The maximum Gasteiger partial charge on any atom is 0.173 e. The summed E-state index contributed by atoms with van der Waals surface area (Å²) in [5.74, 6) is 0.160. The van der Waals surface area contributed by atoms with Crippen molar-refractivity contribution in [1.29, 1.82) is 0 Å². The lowest BCUT2D eigenvalue weighted by Gasteiger charge is -2.08. The summed E-state index contributed by atoms with van der Waals surface area (Å²) in [6, 6.07) is 3.74. The molecule has 5 heteroatoms. The van der Waals surface area contributed by atoms with E-state index >= 15 is 0 Å². The van der Waals surface area contributed by atoms with E-state index in [1.165, 1.54) is 5.41 Å². The van der Waals surface area contributed by atoms with E-state index < -0.39 is 9.84 Å². The van der Waals surface area contributed by atoms with E-state index in [0.29, 0.717) is 6.54 Å². The smallest absolute Gasteiger partial charge is 0.173 e. The average Bonchev–Trinajstić information content (AvgIpc) is 2.57. The molecule has 1 N–H and O–H groups in total. The zero-order chi connectivity index (χ0) is 10.7. The molecule has 1 aromatic rings. The molecule has 4 nitrogen and oxygen atoms in total. The normalized spacial score (nSPS) is 23.1. The van der Waals surface area contributed by atoms with Crippen LogP contribution in [0.3, 0.4) is 0 Å². The van der Waals surface area contributed by atoms with Crippen LogP contribution in [0, 0.1) is 0 Å². The summed E-state index contributed by atoms with van der Waals surface area (Å²) in [6.45, 7) is 0.637. The summed E-state index contributed by atoms with van der Waals surface area (Å²) >= 11 is 0. The van der Waals surface area contributed by atoms with Crippen LogP contribution in [-0.4, -0.2) is 25.2 Å². The van der Waals surface area contributed by atoms with Gasteiger partial charge in [0.25, 0.3) is 0 Å². The van der Waals surface area contributed by atoms with Gasteiger partial charge in [0.05, 0.1) is 5.75 Å². The number of nitrogens with zero attached hydrogens (tertiary/aromatic N) is 1. The fourth-order valence-corrected chi connectivity index (χ4v) is 2.72. The fraction of sp³-hybridized carbons (Fsp3) is 0.300. The first-order valence-electron chi connectivity index (χ1n) is 4.69. The first-order chi connectivity index (χ1) is 7.16. The van der Waals surface area contributed by atoms with Gasteiger partial charge in [-0.05, 0) is 11.6 Å². The van der Waals surface area contributed by atoms with Gasteiger partial charge in [0.15, 0.2) is 9.84 Å². The molecular weight excluding hydrogens is 212 g/mol. The Morgan fingerprint density at radius 3 is 3.00 bits per heavy atom. The fourth-order valence-electron chi connectivity index (χ4n) is 1.45. The number of nitrogens with one attached hydrogen (secondary N) is 1. The molecule has 1 unspecified atom stereocenters. The summed E-state index contributed by atoms with van der Waals surface area (Å²) in [4.78, 5) is 3.98. The van der Waals surface area contributed by atoms with Gasteiger partial charge in [0, 0.05) is 30.4 Å². The van der Waals surface area contributed by atoms with Gasteiger partial charge in [0.2, 0.25) is 0 Å². The third-order valence-corrected chi connectivity index (χ3v) is 3.62. The van der Waals surface area contributed by atoms with E-state index in [9.17, 15) is 8.42 Å². The molecule has 1 aromatic heterocycles. The molecule has 0 aromatic carbocycles. The van der Waals surface area contributed by atoms with Gasteiger partial charge in [-0.3, -0.25) is 4.98 Å². The van der Waals surface area contributed by atoms with Crippen molar-refractivity contribution in [2.75, 3.05) is 5.75 Å². The van der Waals surface area contributed by atoms with Crippen LogP contribution in [0.2, 0.25) is 0 Å². The van der Waals surface area contributed by atoms with Crippen molar-refractivity contribution in [3.63, 3.8) is 0 Å². The molecular formula is C10H12N2O2S. The first-order valence-corrected chi connectivity index (χ1v) is 6.40. The van der Waals surface area contributed by atoms with Gasteiger partial charge in [-0.2, -0.15) is 0 Å². The van der Waals surface area contributed by atoms with Crippen molar-refractivity contribution >= 4 is 9.84 Å². The largest absolute Gasteiger partial charge is 0.305 e. The van der Waals surface area contributed by atoms with Crippen LogP contribution in [0.1, 0.15) is 5.56 Å². The van der Waals surface area contributed by atoms with Crippen molar-refractivity contribution in [1.82, 2.24) is 10.3 Å². The van der Waals surface area contributed by atoms with Gasteiger partial charge < -0.3 is 5.32 Å². The van der Waals surface area contributed by atoms with Gasteiger partial charge in [-0.25, -0.2) is 8.42 Å². The minimum atomic E-state index is -2.96. The van der Waals surface area contributed by atoms with Crippen LogP contribution in [0.15, 0.2) is 36.0 Å². The third kappa shape index (κ3) is 2.87. The van der Waals surface area contributed by atoms with Crippen LogP contribution in [-0.2, 0) is 16.4 Å². The predicted molar refractivity (Wildman–Crippen MR) is 57.8 cm³/mol. The molecule has 1 aliphatic heterocycles. The van der Waals surface area contributed by atoms with Crippen LogP contribution in [0.4, 0.5) is 0 Å². The van der Waals surface area contributed by atoms with Crippen LogP contribution < -0.4 is 5.32 Å².